The Morgan fingerprint density at radius 3 is 2.88 bits per heavy atom. The Balaban J connectivity index is 2.58. The Kier molecular flexibility index (Phi) is 5.04. The zero-order valence-corrected chi connectivity index (χ0v) is 10.0. The minimum Gasteiger partial charge on any atom is -0.479 e. The van der Waals surface area contributed by atoms with Crippen molar-refractivity contribution in [3.8, 4) is 11.8 Å². The molecular weight excluding hydrogens is 240 g/mol. The fraction of sp³-hybridized carbons (Fsp3) is 0.273. The lowest BCUT2D eigenvalue weighted by atomic mass is 10.2. The molecule has 3 N–H and O–H groups in total. The molecule has 90 valence electrons. The molecular formula is C11H12N2O3S. The molecule has 0 aliphatic carbocycles. The Hall–Kier alpha value is -2.00. The summed E-state index contributed by atoms with van der Waals surface area (Å²) >= 11 is 1.28. The van der Waals surface area contributed by atoms with Gasteiger partial charge in [0.05, 0.1) is 6.54 Å². The molecule has 0 spiro atoms. The third-order valence-electron chi connectivity index (χ3n) is 1.86. The largest absolute Gasteiger partial charge is 0.479 e. The molecule has 0 aromatic carbocycles. The van der Waals surface area contributed by atoms with E-state index < -0.39 is 18.0 Å². The number of carbonyl (C=O) groups is 2. The molecule has 5 nitrogen and oxygen atoms in total. The van der Waals surface area contributed by atoms with E-state index in [9.17, 15) is 9.59 Å². The zero-order valence-electron chi connectivity index (χ0n) is 9.19. The van der Waals surface area contributed by atoms with Crippen molar-refractivity contribution in [2.75, 3.05) is 6.54 Å². The van der Waals surface area contributed by atoms with Gasteiger partial charge in [-0.3, -0.25) is 0 Å². The highest BCUT2D eigenvalue weighted by Gasteiger charge is 2.22. The number of rotatable bonds is 4. The number of carboxylic acids is 1. The highest BCUT2D eigenvalue weighted by Crippen LogP contribution is 2.18. The average molecular weight is 252 g/mol. The number of hydrogen-bond donors (Lipinski definition) is 3. The normalized spacial score (nSPS) is 10.9. The van der Waals surface area contributed by atoms with E-state index in [0.29, 0.717) is 4.88 Å². The van der Waals surface area contributed by atoms with Gasteiger partial charge in [-0.1, -0.05) is 12.0 Å². The van der Waals surface area contributed by atoms with E-state index in [1.807, 2.05) is 0 Å². The summed E-state index contributed by atoms with van der Waals surface area (Å²) in [7, 11) is 0. The lowest BCUT2D eigenvalue weighted by molar-refractivity contribution is -0.139. The van der Waals surface area contributed by atoms with Crippen LogP contribution in [0.3, 0.4) is 0 Å². The van der Waals surface area contributed by atoms with Crippen LogP contribution in [0.2, 0.25) is 0 Å². The molecule has 1 unspecified atom stereocenters. The summed E-state index contributed by atoms with van der Waals surface area (Å²) in [6.45, 7) is 1.85. The fourth-order valence-electron chi connectivity index (χ4n) is 1.11. The van der Waals surface area contributed by atoms with E-state index in [4.69, 9.17) is 5.11 Å². The monoisotopic (exact) mass is 252 g/mol. The molecule has 1 rings (SSSR count). The van der Waals surface area contributed by atoms with Crippen LogP contribution in [0.1, 0.15) is 17.8 Å². The zero-order chi connectivity index (χ0) is 12.7. The van der Waals surface area contributed by atoms with Crippen molar-refractivity contribution in [1.29, 1.82) is 0 Å². The summed E-state index contributed by atoms with van der Waals surface area (Å²) in [5, 5.41) is 15.6. The molecule has 0 saturated heterocycles. The highest BCUT2D eigenvalue weighted by atomic mass is 32.1. The molecule has 0 fully saturated rings. The Morgan fingerprint density at radius 1 is 1.59 bits per heavy atom. The van der Waals surface area contributed by atoms with Gasteiger partial charge in [0.25, 0.3) is 0 Å². The van der Waals surface area contributed by atoms with Crippen molar-refractivity contribution in [3.63, 3.8) is 0 Å². The van der Waals surface area contributed by atoms with Gasteiger partial charge in [-0.15, -0.1) is 17.3 Å². The van der Waals surface area contributed by atoms with Crippen LogP contribution >= 0.6 is 11.3 Å². The first-order chi connectivity index (χ1) is 8.15. The van der Waals surface area contributed by atoms with Gasteiger partial charge in [0, 0.05) is 4.88 Å². The molecule has 17 heavy (non-hydrogen) atoms. The first-order valence-corrected chi connectivity index (χ1v) is 5.73. The second kappa shape index (κ2) is 6.55. The predicted octanol–water partition coefficient (Wildman–Crippen LogP) is 1.20. The SMILES string of the molecule is CC#CCNC(=O)NC(C(=O)O)c1cccs1. The number of thiophene rings is 1. The molecule has 1 heterocycles. The van der Waals surface area contributed by atoms with Gasteiger partial charge < -0.3 is 15.7 Å². The van der Waals surface area contributed by atoms with Gasteiger partial charge in [0.15, 0.2) is 6.04 Å². The second-order valence-electron chi connectivity index (χ2n) is 3.04. The van der Waals surface area contributed by atoms with Crippen LogP contribution in [-0.4, -0.2) is 23.7 Å². The molecule has 1 aromatic heterocycles. The molecule has 2 amide bonds. The van der Waals surface area contributed by atoms with Gasteiger partial charge in [0.2, 0.25) is 0 Å². The van der Waals surface area contributed by atoms with E-state index in [0.717, 1.165) is 0 Å². The molecule has 0 radical (unpaired) electrons. The van der Waals surface area contributed by atoms with Crippen LogP contribution in [0.4, 0.5) is 4.79 Å². The molecule has 6 heteroatoms. The maximum absolute atomic E-state index is 11.4. The summed E-state index contributed by atoms with van der Waals surface area (Å²) < 4.78 is 0. The Labute approximate surface area is 103 Å². The third kappa shape index (κ3) is 4.17. The Morgan fingerprint density at radius 2 is 2.35 bits per heavy atom. The van der Waals surface area contributed by atoms with E-state index in [-0.39, 0.29) is 6.54 Å². The number of carboxylic acid groups (broad SMARTS) is 1. The number of nitrogens with one attached hydrogen (secondary N) is 2. The number of hydrogen-bond acceptors (Lipinski definition) is 3. The van der Waals surface area contributed by atoms with Crippen molar-refractivity contribution in [2.45, 2.75) is 13.0 Å². The van der Waals surface area contributed by atoms with Crippen LogP contribution in [0.5, 0.6) is 0 Å². The molecule has 1 atom stereocenters. The van der Waals surface area contributed by atoms with Gasteiger partial charge in [-0.25, -0.2) is 9.59 Å². The Bertz CT molecular complexity index is 445. The second-order valence-corrected chi connectivity index (χ2v) is 4.02. The van der Waals surface area contributed by atoms with Crippen LogP contribution in [-0.2, 0) is 4.79 Å². The number of carbonyl (C=O) groups excluding carboxylic acids is 1. The quantitative estimate of drug-likeness (QED) is 0.704. The van der Waals surface area contributed by atoms with Gasteiger partial charge in [-0.05, 0) is 18.4 Å². The van der Waals surface area contributed by atoms with Crippen molar-refractivity contribution in [1.82, 2.24) is 10.6 Å². The van der Waals surface area contributed by atoms with E-state index in [1.165, 1.54) is 11.3 Å². The van der Waals surface area contributed by atoms with Crippen molar-refractivity contribution >= 4 is 23.3 Å². The molecule has 0 aliphatic rings. The number of amides is 2. The van der Waals surface area contributed by atoms with E-state index in [2.05, 4.69) is 22.5 Å². The maximum Gasteiger partial charge on any atom is 0.331 e. The average Bonchev–Trinajstić information content (AvgIpc) is 2.79. The standard InChI is InChI=1S/C11H12N2O3S/c1-2-3-6-12-11(16)13-9(10(14)15)8-5-4-7-17-8/h4-5,7,9H,6H2,1H3,(H,14,15)(H2,12,13,16). The number of urea groups is 1. The minimum absolute atomic E-state index is 0.194. The van der Waals surface area contributed by atoms with Crippen molar-refractivity contribution < 1.29 is 14.7 Å². The van der Waals surface area contributed by atoms with Gasteiger partial charge in [0.1, 0.15) is 0 Å². The molecule has 0 aliphatic heterocycles. The topological polar surface area (TPSA) is 78.4 Å². The van der Waals surface area contributed by atoms with Crippen LogP contribution in [0, 0.1) is 11.8 Å². The fourth-order valence-corrected chi connectivity index (χ4v) is 1.87. The summed E-state index contributed by atoms with van der Waals surface area (Å²) in [5.41, 5.74) is 0. The summed E-state index contributed by atoms with van der Waals surface area (Å²) in [6.07, 6.45) is 0. The summed E-state index contributed by atoms with van der Waals surface area (Å²) in [4.78, 5) is 23.0. The van der Waals surface area contributed by atoms with Gasteiger partial charge >= 0.3 is 12.0 Å². The smallest absolute Gasteiger partial charge is 0.331 e. The lowest BCUT2D eigenvalue weighted by Gasteiger charge is -2.12. The maximum atomic E-state index is 11.4. The van der Waals surface area contributed by atoms with Crippen LogP contribution < -0.4 is 10.6 Å². The van der Waals surface area contributed by atoms with Crippen molar-refractivity contribution in [3.05, 3.63) is 22.4 Å². The predicted molar refractivity (Wildman–Crippen MR) is 64.7 cm³/mol. The summed E-state index contributed by atoms with van der Waals surface area (Å²) in [5.74, 6) is 4.18. The first-order valence-electron chi connectivity index (χ1n) is 4.85. The van der Waals surface area contributed by atoms with E-state index >= 15 is 0 Å². The van der Waals surface area contributed by atoms with Crippen LogP contribution in [0.25, 0.3) is 0 Å². The lowest BCUT2D eigenvalue weighted by Crippen LogP contribution is -2.40. The first kappa shape index (κ1) is 13.1. The van der Waals surface area contributed by atoms with Gasteiger partial charge in [-0.2, -0.15) is 0 Å². The molecule has 1 aromatic rings. The third-order valence-corrected chi connectivity index (χ3v) is 2.80. The summed E-state index contributed by atoms with van der Waals surface area (Å²) in [6, 6.07) is 1.83. The molecule has 0 bridgehead atoms. The van der Waals surface area contributed by atoms with Crippen LogP contribution in [0.15, 0.2) is 17.5 Å². The van der Waals surface area contributed by atoms with Crippen molar-refractivity contribution in [2.24, 2.45) is 0 Å². The molecule has 0 saturated carbocycles. The number of aliphatic carboxylic acids is 1. The minimum atomic E-state index is -1.09. The highest BCUT2D eigenvalue weighted by molar-refractivity contribution is 7.10. The van der Waals surface area contributed by atoms with E-state index in [1.54, 1.807) is 24.4 Å².